The molecule has 0 aliphatic heterocycles. The van der Waals surface area contributed by atoms with Crippen molar-refractivity contribution in [2.24, 2.45) is 0 Å². The van der Waals surface area contributed by atoms with E-state index in [9.17, 15) is 14.7 Å². The molecule has 0 aromatic heterocycles. The third-order valence-electron chi connectivity index (χ3n) is 1.72. The Bertz CT molecular complexity index is 451. The van der Waals surface area contributed by atoms with Crippen LogP contribution in [0.4, 0.5) is 0 Å². The Morgan fingerprint density at radius 1 is 1.38 bits per heavy atom. The van der Waals surface area contributed by atoms with E-state index in [2.05, 4.69) is 5.32 Å². The smallest absolute Gasteiger partial charge is 0.352 e. The van der Waals surface area contributed by atoms with Gasteiger partial charge in [0.1, 0.15) is 11.4 Å². The molecule has 0 aliphatic rings. The molecule has 5 heteroatoms. The number of carboxylic acids is 1. The van der Waals surface area contributed by atoms with Gasteiger partial charge in [0.25, 0.3) is 0 Å². The van der Waals surface area contributed by atoms with E-state index in [4.69, 9.17) is 5.11 Å². The molecule has 0 saturated carbocycles. The van der Waals surface area contributed by atoms with Gasteiger partial charge in [-0.2, -0.15) is 0 Å². The van der Waals surface area contributed by atoms with E-state index in [0.29, 0.717) is 5.56 Å². The summed E-state index contributed by atoms with van der Waals surface area (Å²) in [7, 11) is 0. The number of carboxylic acid groups (broad SMARTS) is 1. The van der Waals surface area contributed by atoms with Gasteiger partial charge in [-0.1, -0.05) is 12.1 Å². The van der Waals surface area contributed by atoms with Crippen LogP contribution in [0.25, 0.3) is 6.08 Å². The topological polar surface area (TPSA) is 86.6 Å². The molecular formula is C11H11NO4. The Morgan fingerprint density at radius 3 is 2.56 bits per heavy atom. The van der Waals surface area contributed by atoms with Crippen LogP contribution in [0.15, 0.2) is 30.0 Å². The maximum absolute atomic E-state index is 10.8. The van der Waals surface area contributed by atoms with E-state index in [-0.39, 0.29) is 11.4 Å². The minimum Gasteiger partial charge on any atom is -0.508 e. The van der Waals surface area contributed by atoms with Gasteiger partial charge < -0.3 is 15.5 Å². The Balaban J connectivity index is 3.02. The third kappa shape index (κ3) is 3.45. The van der Waals surface area contributed by atoms with Crippen LogP contribution in [0.1, 0.15) is 12.5 Å². The maximum atomic E-state index is 10.8. The fourth-order valence-corrected chi connectivity index (χ4v) is 1.12. The van der Waals surface area contributed by atoms with E-state index in [0.717, 1.165) is 0 Å². The summed E-state index contributed by atoms with van der Waals surface area (Å²) in [6.07, 6.45) is 1.27. The number of aliphatic carboxylic acids is 1. The number of phenols is 1. The van der Waals surface area contributed by atoms with E-state index in [1.165, 1.54) is 25.1 Å². The predicted octanol–water partition coefficient (Wildman–Crippen LogP) is 0.954. The van der Waals surface area contributed by atoms with Crippen LogP contribution in [0.5, 0.6) is 5.75 Å². The van der Waals surface area contributed by atoms with Crippen molar-refractivity contribution in [2.45, 2.75) is 6.92 Å². The van der Waals surface area contributed by atoms with Crippen molar-refractivity contribution in [3.63, 3.8) is 0 Å². The molecule has 0 spiro atoms. The van der Waals surface area contributed by atoms with Crippen LogP contribution in [-0.4, -0.2) is 22.1 Å². The summed E-state index contributed by atoms with van der Waals surface area (Å²) >= 11 is 0. The lowest BCUT2D eigenvalue weighted by Crippen LogP contribution is -2.24. The average Bonchev–Trinajstić information content (AvgIpc) is 2.15. The quantitative estimate of drug-likeness (QED) is 0.663. The second kappa shape index (κ2) is 4.97. The SMILES string of the molecule is CC(=O)N/C(=C/c1cccc(O)c1)C(=O)O. The van der Waals surface area contributed by atoms with E-state index in [1.807, 2.05) is 0 Å². The summed E-state index contributed by atoms with van der Waals surface area (Å²) < 4.78 is 0. The normalized spacial score (nSPS) is 10.9. The molecule has 0 radical (unpaired) electrons. The number of hydrogen-bond acceptors (Lipinski definition) is 3. The Kier molecular flexibility index (Phi) is 3.66. The second-order valence-corrected chi connectivity index (χ2v) is 3.14. The van der Waals surface area contributed by atoms with Gasteiger partial charge in [0.15, 0.2) is 0 Å². The van der Waals surface area contributed by atoms with Gasteiger partial charge in [-0.25, -0.2) is 4.79 Å². The highest BCUT2D eigenvalue weighted by atomic mass is 16.4. The number of nitrogens with one attached hydrogen (secondary N) is 1. The summed E-state index contributed by atoms with van der Waals surface area (Å²) in [6.45, 7) is 1.22. The number of carbonyl (C=O) groups is 2. The van der Waals surface area contributed by atoms with Gasteiger partial charge in [0.2, 0.25) is 5.91 Å². The zero-order chi connectivity index (χ0) is 12.1. The molecule has 3 N–H and O–H groups in total. The highest BCUT2D eigenvalue weighted by Crippen LogP contribution is 2.13. The lowest BCUT2D eigenvalue weighted by atomic mass is 10.2. The molecule has 0 fully saturated rings. The number of amides is 1. The van der Waals surface area contributed by atoms with Crippen LogP contribution in [0, 0.1) is 0 Å². The van der Waals surface area contributed by atoms with Crippen molar-refractivity contribution in [3.05, 3.63) is 35.5 Å². The first-order chi connectivity index (χ1) is 7.49. The lowest BCUT2D eigenvalue weighted by molar-refractivity contribution is -0.134. The van der Waals surface area contributed by atoms with Gasteiger partial charge in [-0.05, 0) is 23.8 Å². The minimum atomic E-state index is -1.24. The predicted molar refractivity (Wildman–Crippen MR) is 57.5 cm³/mol. The van der Waals surface area contributed by atoms with Gasteiger partial charge in [0.05, 0.1) is 0 Å². The Morgan fingerprint density at radius 2 is 2.06 bits per heavy atom. The third-order valence-corrected chi connectivity index (χ3v) is 1.72. The molecule has 0 saturated heterocycles. The number of rotatable bonds is 3. The van der Waals surface area contributed by atoms with Crippen LogP contribution < -0.4 is 5.32 Å². The van der Waals surface area contributed by atoms with Gasteiger partial charge >= 0.3 is 5.97 Å². The summed E-state index contributed by atoms with van der Waals surface area (Å²) in [5, 5.41) is 20.2. The monoisotopic (exact) mass is 221 g/mol. The number of hydrogen-bond donors (Lipinski definition) is 3. The zero-order valence-electron chi connectivity index (χ0n) is 8.60. The molecule has 84 valence electrons. The fourth-order valence-electron chi connectivity index (χ4n) is 1.12. The molecule has 16 heavy (non-hydrogen) atoms. The summed E-state index contributed by atoms with van der Waals surface area (Å²) in [4.78, 5) is 21.5. The number of carbonyl (C=O) groups excluding carboxylic acids is 1. The standard InChI is InChI=1S/C11H11NO4/c1-7(13)12-10(11(15)16)6-8-3-2-4-9(14)5-8/h2-6,14H,1H3,(H,12,13)(H,15,16)/b10-6+. The molecule has 5 nitrogen and oxygen atoms in total. The van der Waals surface area contributed by atoms with Crippen molar-refractivity contribution in [1.82, 2.24) is 5.32 Å². The zero-order valence-corrected chi connectivity index (χ0v) is 8.60. The largest absolute Gasteiger partial charge is 0.508 e. The first kappa shape index (κ1) is 11.8. The highest BCUT2D eigenvalue weighted by Gasteiger charge is 2.08. The number of phenolic OH excluding ortho intramolecular Hbond substituents is 1. The molecule has 0 unspecified atom stereocenters. The molecule has 1 aromatic carbocycles. The Hall–Kier alpha value is -2.30. The van der Waals surface area contributed by atoms with Crippen molar-refractivity contribution >= 4 is 18.0 Å². The van der Waals surface area contributed by atoms with Gasteiger partial charge in [-0.3, -0.25) is 4.79 Å². The number of aromatic hydroxyl groups is 1. The first-order valence-corrected chi connectivity index (χ1v) is 4.50. The molecule has 1 aromatic rings. The van der Waals surface area contributed by atoms with Gasteiger partial charge in [0, 0.05) is 6.92 Å². The maximum Gasteiger partial charge on any atom is 0.352 e. The molecular weight excluding hydrogens is 210 g/mol. The molecule has 0 aliphatic carbocycles. The van der Waals surface area contributed by atoms with E-state index < -0.39 is 11.9 Å². The molecule has 0 bridgehead atoms. The first-order valence-electron chi connectivity index (χ1n) is 4.50. The van der Waals surface area contributed by atoms with Gasteiger partial charge in [-0.15, -0.1) is 0 Å². The van der Waals surface area contributed by atoms with Crippen molar-refractivity contribution < 1.29 is 19.8 Å². The highest BCUT2D eigenvalue weighted by molar-refractivity contribution is 5.96. The van der Waals surface area contributed by atoms with Crippen molar-refractivity contribution in [3.8, 4) is 5.75 Å². The van der Waals surface area contributed by atoms with Crippen LogP contribution in [0.3, 0.4) is 0 Å². The average molecular weight is 221 g/mol. The Labute approximate surface area is 92.0 Å². The van der Waals surface area contributed by atoms with Crippen LogP contribution in [-0.2, 0) is 9.59 Å². The van der Waals surface area contributed by atoms with E-state index >= 15 is 0 Å². The minimum absolute atomic E-state index is 0.0290. The fraction of sp³-hybridized carbons (Fsp3) is 0.0909. The summed E-state index contributed by atoms with van der Waals surface area (Å²) in [5.41, 5.74) is 0.254. The van der Waals surface area contributed by atoms with Crippen molar-refractivity contribution in [1.29, 1.82) is 0 Å². The van der Waals surface area contributed by atoms with Crippen LogP contribution >= 0.6 is 0 Å². The lowest BCUT2D eigenvalue weighted by Gasteiger charge is -2.03. The molecule has 0 atom stereocenters. The second-order valence-electron chi connectivity index (χ2n) is 3.14. The van der Waals surface area contributed by atoms with Crippen molar-refractivity contribution in [2.75, 3.05) is 0 Å². The van der Waals surface area contributed by atoms with Crippen LogP contribution in [0.2, 0.25) is 0 Å². The molecule has 1 amide bonds. The van der Waals surface area contributed by atoms with E-state index in [1.54, 1.807) is 12.1 Å². The number of benzene rings is 1. The summed E-state index contributed by atoms with van der Waals surface area (Å²) in [5.74, 6) is -1.67. The molecule has 1 rings (SSSR count). The summed E-state index contributed by atoms with van der Waals surface area (Å²) in [6, 6.07) is 6.06. The molecule has 0 heterocycles.